The lowest BCUT2D eigenvalue weighted by atomic mass is 10.2. The molecule has 0 aliphatic carbocycles. The van der Waals surface area contributed by atoms with E-state index in [1.807, 2.05) is 25.2 Å². The molecular formula is C12H14N4O3. The number of rotatable bonds is 4. The molecule has 7 heteroatoms. The average Bonchev–Trinajstić information content (AvgIpc) is 2.86. The first-order chi connectivity index (χ1) is 9.35. The lowest BCUT2D eigenvalue weighted by Gasteiger charge is -2.18. The van der Waals surface area contributed by atoms with Crippen LogP contribution >= 0.6 is 0 Å². The molecule has 2 aromatic rings. The van der Waals surface area contributed by atoms with Crippen LogP contribution in [0.2, 0.25) is 0 Å². The van der Waals surface area contributed by atoms with Gasteiger partial charge in [0.2, 0.25) is 5.89 Å². The van der Waals surface area contributed by atoms with Crippen LogP contribution in [0.5, 0.6) is 11.5 Å². The Labute approximate surface area is 109 Å². The number of benzene rings is 1. The summed E-state index contributed by atoms with van der Waals surface area (Å²) in [6.45, 7) is 1.68. The molecule has 0 unspecified atom stereocenters. The molecule has 0 radical (unpaired) electrons. The zero-order chi connectivity index (χ0) is 13.1. The summed E-state index contributed by atoms with van der Waals surface area (Å²) in [7, 11) is 1.82. The molecule has 2 heterocycles. The summed E-state index contributed by atoms with van der Waals surface area (Å²) in [6, 6.07) is 5.91. The number of nitrogens with zero attached hydrogens (tertiary/aromatic N) is 2. The topological polar surface area (TPSA) is 81.4 Å². The second-order valence-electron chi connectivity index (χ2n) is 4.01. The fourth-order valence-electron chi connectivity index (χ4n) is 1.77. The van der Waals surface area contributed by atoms with E-state index >= 15 is 0 Å². The summed E-state index contributed by atoms with van der Waals surface area (Å²) in [5, 5.41) is 13.8. The first-order valence-corrected chi connectivity index (χ1v) is 5.99. The van der Waals surface area contributed by atoms with Gasteiger partial charge in [-0.1, -0.05) is 5.10 Å². The molecule has 1 aliphatic rings. The Hall–Kier alpha value is -2.28. The van der Waals surface area contributed by atoms with Crippen molar-refractivity contribution in [3.05, 3.63) is 24.1 Å². The first-order valence-electron chi connectivity index (χ1n) is 5.99. The van der Waals surface area contributed by atoms with Gasteiger partial charge in [0.25, 0.3) is 0 Å². The number of hydrogen-bond acceptors (Lipinski definition) is 7. The highest BCUT2D eigenvalue weighted by Gasteiger charge is 2.12. The summed E-state index contributed by atoms with van der Waals surface area (Å²) in [5.74, 6) is 1.99. The fraction of sp³-hybridized carbons (Fsp3) is 0.333. The van der Waals surface area contributed by atoms with Gasteiger partial charge in [-0.15, -0.1) is 5.10 Å². The molecule has 0 amide bonds. The highest BCUT2D eigenvalue weighted by molar-refractivity contribution is 5.59. The SMILES string of the molecule is CNCc1nnc(Nc2ccc3c(c2)OCCO3)o1. The zero-order valence-corrected chi connectivity index (χ0v) is 10.5. The number of anilines is 2. The Bertz CT molecular complexity index is 570. The van der Waals surface area contributed by atoms with E-state index in [9.17, 15) is 0 Å². The largest absolute Gasteiger partial charge is 0.486 e. The molecule has 7 nitrogen and oxygen atoms in total. The maximum Gasteiger partial charge on any atom is 0.320 e. The van der Waals surface area contributed by atoms with E-state index in [2.05, 4.69) is 20.8 Å². The minimum atomic E-state index is 0.349. The van der Waals surface area contributed by atoms with Crippen molar-refractivity contribution in [3.8, 4) is 11.5 Å². The number of aromatic nitrogens is 2. The van der Waals surface area contributed by atoms with Gasteiger partial charge in [0.05, 0.1) is 6.54 Å². The lowest BCUT2D eigenvalue weighted by Crippen LogP contribution is -2.15. The third-order valence-corrected chi connectivity index (χ3v) is 2.59. The molecule has 3 rings (SSSR count). The Morgan fingerprint density at radius 1 is 1.16 bits per heavy atom. The molecule has 0 spiro atoms. The molecule has 100 valence electrons. The van der Waals surface area contributed by atoms with E-state index in [0.717, 1.165) is 11.4 Å². The van der Waals surface area contributed by atoms with Crippen LogP contribution < -0.4 is 20.1 Å². The van der Waals surface area contributed by atoms with Crippen LogP contribution in [0, 0.1) is 0 Å². The van der Waals surface area contributed by atoms with Crippen molar-refractivity contribution < 1.29 is 13.9 Å². The van der Waals surface area contributed by atoms with E-state index in [-0.39, 0.29) is 0 Å². The fourth-order valence-corrected chi connectivity index (χ4v) is 1.77. The van der Waals surface area contributed by atoms with E-state index in [1.165, 1.54) is 0 Å². The molecule has 2 N–H and O–H groups in total. The number of ether oxygens (including phenoxy) is 2. The third kappa shape index (κ3) is 2.60. The van der Waals surface area contributed by atoms with Crippen LogP contribution in [0.15, 0.2) is 22.6 Å². The quantitative estimate of drug-likeness (QED) is 0.859. The van der Waals surface area contributed by atoms with Crippen LogP contribution in [0.4, 0.5) is 11.7 Å². The number of hydrogen-bond donors (Lipinski definition) is 2. The van der Waals surface area contributed by atoms with Crippen LogP contribution in [-0.2, 0) is 6.54 Å². The van der Waals surface area contributed by atoms with Gasteiger partial charge in [0.1, 0.15) is 13.2 Å². The number of fused-ring (bicyclic) bond motifs is 1. The molecule has 1 aromatic carbocycles. The van der Waals surface area contributed by atoms with Gasteiger partial charge < -0.3 is 24.5 Å². The summed E-state index contributed by atoms with van der Waals surface area (Å²) in [5.41, 5.74) is 0.809. The van der Waals surface area contributed by atoms with Gasteiger partial charge in [-0.05, 0) is 19.2 Å². The predicted molar refractivity (Wildman–Crippen MR) is 67.8 cm³/mol. The second kappa shape index (κ2) is 5.15. The smallest absolute Gasteiger partial charge is 0.320 e. The van der Waals surface area contributed by atoms with Crippen molar-refractivity contribution in [2.24, 2.45) is 0 Å². The van der Waals surface area contributed by atoms with Crippen LogP contribution in [0.1, 0.15) is 5.89 Å². The highest BCUT2D eigenvalue weighted by atomic mass is 16.6. The molecule has 1 aliphatic heterocycles. The van der Waals surface area contributed by atoms with Gasteiger partial charge in [-0.25, -0.2) is 0 Å². The van der Waals surface area contributed by atoms with Crippen LogP contribution in [0.25, 0.3) is 0 Å². The van der Waals surface area contributed by atoms with E-state index in [0.29, 0.717) is 37.4 Å². The summed E-state index contributed by atoms with van der Waals surface area (Å²) in [6.07, 6.45) is 0. The molecule has 0 atom stereocenters. The van der Waals surface area contributed by atoms with Gasteiger partial charge in [-0.3, -0.25) is 0 Å². The normalized spacial score (nSPS) is 13.3. The van der Waals surface area contributed by atoms with Crippen LogP contribution in [0.3, 0.4) is 0 Å². The van der Waals surface area contributed by atoms with Crippen molar-refractivity contribution >= 4 is 11.7 Å². The maximum absolute atomic E-state index is 5.50. The van der Waals surface area contributed by atoms with E-state index in [4.69, 9.17) is 13.9 Å². The molecule has 19 heavy (non-hydrogen) atoms. The third-order valence-electron chi connectivity index (χ3n) is 2.59. The Morgan fingerprint density at radius 2 is 2.00 bits per heavy atom. The van der Waals surface area contributed by atoms with E-state index < -0.39 is 0 Å². The van der Waals surface area contributed by atoms with Crippen molar-refractivity contribution in [2.75, 3.05) is 25.6 Å². The molecule has 0 bridgehead atoms. The second-order valence-corrected chi connectivity index (χ2v) is 4.01. The van der Waals surface area contributed by atoms with Crippen molar-refractivity contribution in [2.45, 2.75) is 6.54 Å². The Morgan fingerprint density at radius 3 is 2.84 bits per heavy atom. The molecule has 0 saturated heterocycles. The number of nitrogens with one attached hydrogen (secondary N) is 2. The van der Waals surface area contributed by atoms with Crippen molar-refractivity contribution in [3.63, 3.8) is 0 Å². The minimum Gasteiger partial charge on any atom is -0.486 e. The van der Waals surface area contributed by atoms with Crippen LogP contribution in [-0.4, -0.2) is 30.5 Å². The van der Waals surface area contributed by atoms with Gasteiger partial charge in [-0.2, -0.15) is 0 Å². The molecule has 1 aromatic heterocycles. The zero-order valence-electron chi connectivity index (χ0n) is 10.5. The van der Waals surface area contributed by atoms with Gasteiger partial charge >= 0.3 is 6.01 Å². The minimum absolute atomic E-state index is 0.349. The summed E-state index contributed by atoms with van der Waals surface area (Å²) >= 11 is 0. The molecule has 0 fully saturated rings. The Balaban J connectivity index is 1.75. The van der Waals surface area contributed by atoms with Crippen molar-refractivity contribution in [1.29, 1.82) is 0 Å². The first kappa shape index (κ1) is 11.8. The average molecular weight is 262 g/mol. The summed E-state index contributed by atoms with van der Waals surface area (Å²) in [4.78, 5) is 0. The lowest BCUT2D eigenvalue weighted by molar-refractivity contribution is 0.171. The predicted octanol–water partition coefficient (Wildman–Crippen LogP) is 1.30. The monoisotopic (exact) mass is 262 g/mol. The van der Waals surface area contributed by atoms with Crippen molar-refractivity contribution in [1.82, 2.24) is 15.5 Å². The maximum atomic E-state index is 5.50. The molecule has 0 saturated carbocycles. The Kier molecular flexibility index (Phi) is 3.20. The molecular weight excluding hydrogens is 248 g/mol. The van der Waals surface area contributed by atoms with E-state index in [1.54, 1.807) is 0 Å². The summed E-state index contributed by atoms with van der Waals surface area (Å²) < 4.78 is 16.4. The highest BCUT2D eigenvalue weighted by Crippen LogP contribution is 2.33. The van der Waals surface area contributed by atoms with Gasteiger partial charge in [0.15, 0.2) is 11.5 Å². The standard InChI is InChI=1S/C12H14N4O3/c1-13-7-11-15-16-12(19-11)14-8-2-3-9-10(6-8)18-5-4-17-9/h2-3,6,13H,4-5,7H2,1H3,(H,14,16). The van der Waals surface area contributed by atoms with Gasteiger partial charge in [0, 0.05) is 11.8 Å².